The van der Waals surface area contributed by atoms with Crippen molar-refractivity contribution in [2.75, 3.05) is 0 Å². The lowest BCUT2D eigenvalue weighted by molar-refractivity contribution is -0.135. The van der Waals surface area contributed by atoms with E-state index in [1.165, 1.54) is 4.90 Å². The second-order valence-electron chi connectivity index (χ2n) is 4.82. The molecule has 1 heterocycles. The van der Waals surface area contributed by atoms with Crippen LogP contribution in [0.3, 0.4) is 0 Å². The Morgan fingerprint density at radius 3 is 2.86 bits per heavy atom. The molecule has 0 radical (unpaired) electrons. The van der Waals surface area contributed by atoms with Crippen molar-refractivity contribution in [2.24, 2.45) is 5.73 Å². The fourth-order valence-corrected chi connectivity index (χ4v) is 2.50. The first-order chi connectivity index (χ1) is 10.0. The number of nitrogens with zero attached hydrogens (tertiary/aromatic N) is 1. The maximum atomic E-state index is 12.2. The summed E-state index contributed by atoms with van der Waals surface area (Å²) in [5.41, 5.74) is 7.18. The highest BCUT2D eigenvalue weighted by molar-refractivity contribution is 6.30. The van der Waals surface area contributed by atoms with Gasteiger partial charge >= 0.3 is 0 Å². The van der Waals surface area contributed by atoms with Crippen molar-refractivity contribution in [3.63, 3.8) is 0 Å². The predicted octanol–water partition coefficient (Wildman–Crippen LogP) is 2.73. The lowest BCUT2D eigenvalue weighted by Gasteiger charge is -2.24. The van der Waals surface area contributed by atoms with Crippen molar-refractivity contribution in [3.05, 3.63) is 53.2 Å². The Morgan fingerprint density at radius 2 is 2.24 bits per heavy atom. The number of carbonyl (C=O) groups is 2. The van der Waals surface area contributed by atoms with Crippen LogP contribution in [-0.2, 0) is 9.59 Å². The van der Waals surface area contributed by atoms with Gasteiger partial charge in [-0.1, -0.05) is 36.7 Å². The molecule has 0 saturated carbocycles. The highest BCUT2D eigenvalue weighted by atomic mass is 35.5. The maximum Gasteiger partial charge on any atom is 0.240 e. The van der Waals surface area contributed by atoms with Crippen LogP contribution in [0.2, 0.25) is 5.02 Å². The van der Waals surface area contributed by atoms with Gasteiger partial charge in [0.15, 0.2) is 0 Å². The first kappa shape index (κ1) is 15.3. The number of rotatable bonds is 4. The minimum atomic E-state index is -0.610. The largest absolute Gasteiger partial charge is 0.368 e. The number of amides is 2. The summed E-state index contributed by atoms with van der Waals surface area (Å²) >= 11 is 5.99. The SMILES string of the molecule is CCC(C(N)=O)N1C=CC(c2cccc(Cl)c2)=CCC1=O. The van der Waals surface area contributed by atoms with Gasteiger partial charge in [0.1, 0.15) is 6.04 Å². The van der Waals surface area contributed by atoms with Crippen molar-refractivity contribution >= 4 is 29.0 Å². The number of hydrogen-bond donors (Lipinski definition) is 1. The predicted molar refractivity (Wildman–Crippen MR) is 83.3 cm³/mol. The van der Waals surface area contributed by atoms with Crippen molar-refractivity contribution in [1.82, 2.24) is 4.90 Å². The summed E-state index contributed by atoms with van der Waals surface area (Å²) < 4.78 is 0. The van der Waals surface area contributed by atoms with Crippen molar-refractivity contribution in [3.8, 4) is 0 Å². The van der Waals surface area contributed by atoms with Crippen LogP contribution in [0, 0.1) is 0 Å². The number of allylic oxidation sites excluding steroid dienone is 2. The highest BCUT2D eigenvalue weighted by Crippen LogP contribution is 2.23. The smallest absolute Gasteiger partial charge is 0.240 e. The monoisotopic (exact) mass is 304 g/mol. The fourth-order valence-electron chi connectivity index (χ4n) is 2.31. The van der Waals surface area contributed by atoms with Gasteiger partial charge in [0.25, 0.3) is 0 Å². The second kappa shape index (κ2) is 6.59. The van der Waals surface area contributed by atoms with Crippen molar-refractivity contribution < 1.29 is 9.59 Å². The van der Waals surface area contributed by atoms with Gasteiger partial charge in [-0.3, -0.25) is 9.59 Å². The Morgan fingerprint density at radius 1 is 1.48 bits per heavy atom. The number of nitrogens with two attached hydrogens (primary N) is 1. The van der Waals surface area contributed by atoms with E-state index in [2.05, 4.69) is 0 Å². The lowest BCUT2D eigenvalue weighted by Crippen LogP contribution is -2.44. The Bertz CT molecular complexity index is 622. The Labute approximate surface area is 128 Å². The molecule has 5 heteroatoms. The van der Waals surface area contributed by atoms with Crippen LogP contribution in [0.25, 0.3) is 5.57 Å². The highest BCUT2D eigenvalue weighted by Gasteiger charge is 2.25. The molecule has 0 saturated heterocycles. The van der Waals surface area contributed by atoms with Gasteiger partial charge in [0, 0.05) is 17.6 Å². The summed E-state index contributed by atoms with van der Waals surface area (Å²) in [4.78, 5) is 25.0. The van der Waals surface area contributed by atoms with E-state index in [0.717, 1.165) is 11.1 Å². The molecule has 1 aromatic rings. The third kappa shape index (κ3) is 3.52. The van der Waals surface area contributed by atoms with Gasteiger partial charge in [-0.2, -0.15) is 0 Å². The summed E-state index contributed by atoms with van der Waals surface area (Å²) in [5, 5.41) is 0.637. The first-order valence-electron chi connectivity index (χ1n) is 6.77. The number of benzene rings is 1. The summed E-state index contributed by atoms with van der Waals surface area (Å²) in [7, 11) is 0. The quantitative estimate of drug-likeness (QED) is 0.929. The fraction of sp³-hybridized carbons (Fsp3) is 0.250. The molecule has 1 aromatic carbocycles. The topological polar surface area (TPSA) is 63.4 Å². The molecule has 2 amide bonds. The first-order valence-corrected chi connectivity index (χ1v) is 7.15. The minimum Gasteiger partial charge on any atom is -0.368 e. The van der Waals surface area contributed by atoms with Crippen LogP contribution in [0.1, 0.15) is 25.3 Å². The average molecular weight is 305 g/mol. The van der Waals surface area contributed by atoms with E-state index in [0.29, 0.717) is 11.4 Å². The molecule has 0 spiro atoms. The number of primary amides is 1. The van der Waals surface area contributed by atoms with E-state index in [4.69, 9.17) is 17.3 Å². The van der Waals surface area contributed by atoms with E-state index in [1.807, 2.05) is 37.3 Å². The second-order valence-corrected chi connectivity index (χ2v) is 5.25. The van der Waals surface area contributed by atoms with Crippen LogP contribution in [0.15, 0.2) is 42.6 Å². The molecule has 0 aromatic heterocycles. The standard InChI is InChI=1S/C16H17ClN2O2/c1-2-14(16(18)21)19-9-8-11(6-7-15(19)20)12-4-3-5-13(17)10-12/h3-6,8-10,14H,2,7H2,1H3,(H2,18,21). The van der Waals surface area contributed by atoms with Gasteiger partial charge < -0.3 is 10.6 Å². The molecular weight excluding hydrogens is 288 g/mol. The van der Waals surface area contributed by atoms with Crippen molar-refractivity contribution in [1.29, 1.82) is 0 Å². The molecule has 21 heavy (non-hydrogen) atoms. The maximum absolute atomic E-state index is 12.2. The molecule has 0 fully saturated rings. The normalized spacial score (nSPS) is 16.4. The van der Waals surface area contributed by atoms with E-state index in [-0.39, 0.29) is 12.3 Å². The molecular formula is C16H17ClN2O2. The van der Waals surface area contributed by atoms with E-state index in [9.17, 15) is 9.59 Å². The number of hydrogen-bond acceptors (Lipinski definition) is 2. The van der Waals surface area contributed by atoms with E-state index < -0.39 is 11.9 Å². The zero-order valence-electron chi connectivity index (χ0n) is 11.8. The zero-order valence-corrected chi connectivity index (χ0v) is 12.5. The molecule has 2 rings (SSSR count). The van der Waals surface area contributed by atoms with Crippen LogP contribution in [0.5, 0.6) is 0 Å². The number of carbonyl (C=O) groups excluding carboxylic acids is 2. The molecule has 0 aliphatic carbocycles. The Hall–Kier alpha value is -2.07. The molecule has 4 nitrogen and oxygen atoms in total. The average Bonchev–Trinajstić information content (AvgIpc) is 2.63. The summed E-state index contributed by atoms with van der Waals surface area (Å²) in [6, 6.07) is 6.80. The molecule has 1 aliphatic rings. The minimum absolute atomic E-state index is 0.145. The third-order valence-electron chi connectivity index (χ3n) is 3.41. The van der Waals surface area contributed by atoms with Gasteiger partial charge in [-0.05, 0) is 35.8 Å². The van der Waals surface area contributed by atoms with Gasteiger partial charge in [-0.25, -0.2) is 0 Å². The third-order valence-corrected chi connectivity index (χ3v) is 3.64. The Kier molecular flexibility index (Phi) is 4.81. The van der Waals surface area contributed by atoms with Crippen LogP contribution in [0.4, 0.5) is 0 Å². The van der Waals surface area contributed by atoms with Crippen molar-refractivity contribution in [2.45, 2.75) is 25.8 Å². The summed E-state index contributed by atoms with van der Waals surface area (Å²) in [6.45, 7) is 1.83. The van der Waals surface area contributed by atoms with E-state index >= 15 is 0 Å². The molecule has 0 bridgehead atoms. The molecule has 2 N–H and O–H groups in total. The van der Waals surface area contributed by atoms with Gasteiger partial charge in [0.05, 0.1) is 0 Å². The molecule has 1 aliphatic heterocycles. The summed E-state index contributed by atoms with van der Waals surface area (Å²) in [6.07, 6.45) is 5.97. The van der Waals surface area contributed by atoms with Crippen LogP contribution >= 0.6 is 11.6 Å². The van der Waals surface area contributed by atoms with Gasteiger partial charge in [-0.15, -0.1) is 0 Å². The van der Waals surface area contributed by atoms with Crippen LogP contribution < -0.4 is 5.73 Å². The Balaban J connectivity index is 2.30. The number of halogens is 1. The zero-order chi connectivity index (χ0) is 15.4. The molecule has 110 valence electrons. The van der Waals surface area contributed by atoms with Gasteiger partial charge in [0.2, 0.25) is 11.8 Å². The molecule has 1 unspecified atom stereocenters. The van der Waals surface area contributed by atoms with E-state index in [1.54, 1.807) is 12.3 Å². The van der Waals surface area contributed by atoms with Crippen LogP contribution in [-0.4, -0.2) is 22.8 Å². The lowest BCUT2D eigenvalue weighted by atomic mass is 10.1. The summed E-state index contributed by atoms with van der Waals surface area (Å²) in [5.74, 6) is -0.643. The molecule has 1 atom stereocenters.